The van der Waals surface area contributed by atoms with Crippen LogP contribution >= 0.6 is 0 Å². The Morgan fingerprint density at radius 1 is 1.67 bits per heavy atom. The molecule has 1 heterocycles. The third kappa shape index (κ3) is 1.95. The number of aliphatic hydroxyl groups excluding tert-OH is 1. The first-order valence-electron chi connectivity index (χ1n) is 3.95. The number of hydrogen-bond donors (Lipinski definition) is 1. The van der Waals surface area contributed by atoms with Crippen LogP contribution in [0.15, 0.2) is 23.1 Å². The highest BCUT2D eigenvalue weighted by Crippen LogP contribution is 1.91. The Morgan fingerprint density at radius 2 is 2.33 bits per heavy atom. The SMILES string of the molecule is Cc1cccn(C[C@H](C)O)c1=O. The van der Waals surface area contributed by atoms with Crippen molar-refractivity contribution in [1.29, 1.82) is 0 Å². The summed E-state index contributed by atoms with van der Waals surface area (Å²) in [5, 5.41) is 9.06. The van der Waals surface area contributed by atoms with Crippen LogP contribution in [0.3, 0.4) is 0 Å². The second kappa shape index (κ2) is 3.54. The maximum Gasteiger partial charge on any atom is 0.253 e. The molecule has 0 amide bonds. The highest BCUT2D eigenvalue weighted by atomic mass is 16.3. The summed E-state index contributed by atoms with van der Waals surface area (Å²) in [6.07, 6.45) is 1.20. The fraction of sp³-hybridized carbons (Fsp3) is 0.444. The number of aryl methyl sites for hydroxylation is 1. The zero-order valence-corrected chi connectivity index (χ0v) is 7.32. The van der Waals surface area contributed by atoms with Gasteiger partial charge in [-0.25, -0.2) is 0 Å². The standard InChI is InChI=1S/C9H13NO2/c1-7-4-3-5-10(9(7)12)6-8(2)11/h3-5,8,11H,6H2,1-2H3/t8-/m0/s1. The average molecular weight is 167 g/mol. The van der Waals surface area contributed by atoms with E-state index in [0.29, 0.717) is 12.1 Å². The van der Waals surface area contributed by atoms with Crippen molar-refractivity contribution >= 4 is 0 Å². The van der Waals surface area contributed by atoms with Crippen molar-refractivity contribution in [3.8, 4) is 0 Å². The van der Waals surface area contributed by atoms with Crippen molar-refractivity contribution in [1.82, 2.24) is 4.57 Å². The summed E-state index contributed by atoms with van der Waals surface area (Å²) < 4.78 is 1.51. The highest BCUT2D eigenvalue weighted by molar-refractivity contribution is 5.07. The van der Waals surface area contributed by atoms with Gasteiger partial charge in [0.15, 0.2) is 0 Å². The molecule has 0 aromatic carbocycles. The summed E-state index contributed by atoms with van der Waals surface area (Å²) in [5.41, 5.74) is 0.677. The van der Waals surface area contributed by atoms with E-state index in [9.17, 15) is 4.79 Å². The molecule has 1 aromatic heterocycles. The Balaban J connectivity index is 3.01. The first-order chi connectivity index (χ1) is 5.61. The van der Waals surface area contributed by atoms with Crippen LogP contribution in [0.2, 0.25) is 0 Å². The Morgan fingerprint density at radius 3 is 2.92 bits per heavy atom. The molecule has 1 atom stereocenters. The first-order valence-corrected chi connectivity index (χ1v) is 3.95. The molecule has 0 spiro atoms. The number of aromatic nitrogens is 1. The van der Waals surface area contributed by atoms with E-state index in [1.165, 1.54) is 4.57 Å². The van der Waals surface area contributed by atoms with Crippen molar-refractivity contribution in [2.45, 2.75) is 26.5 Å². The van der Waals surface area contributed by atoms with Crippen LogP contribution in [-0.4, -0.2) is 15.8 Å². The molecule has 0 radical (unpaired) electrons. The molecule has 3 heteroatoms. The molecule has 0 aliphatic rings. The summed E-state index contributed by atoms with van der Waals surface area (Å²) >= 11 is 0. The summed E-state index contributed by atoms with van der Waals surface area (Å²) in [6.45, 7) is 3.79. The zero-order valence-electron chi connectivity index (χ0n) is 7.32. The van der Waals surface area contributed by atoms with Gasteiger partial charge in [-0.2, -0.15) is 0 Å². The van der Waals surface area contributed by atoms with Gasteiger partial charge in [-0.15, -0.1) is 0 Å². The minimum Gasteiger partial charge on any atom is -0.392 e. The van der Waals surface area contributed by atoms with Gasteiger partial charge < -0.3 is 9.67 Å². The number of pyridine rings is 1. The number of rotatable bonds is 2. The van der Waals surface area contributed by atoms with E-state index in [1.807, 2.05) is 0 Å². The van der Waals surface area contributed by atoms with Gasteiger partial charge >= 0.3 is 0 Å². The fourth-order valence-corrected chi connectivity index (χ4v) is 1.09. The van der Waals surface area contributed by atoms with Crippen LogP contribution in [0, 0.1) is 6.92 Å². The lowest BCUT2D eigenvalue weighted by atomic mass is 10.3. The quantitative estimate of drug-likeness (QED) is 0.698. The summed E-state index contributed by atoms with van der Waals surface area (Å²) in [7, 11) is 0. The first kappa shape index (κ1) is 9.00. The van der Waals surface area contributed by atoms with Crippen molar-refractivity contribution in [3.63, 3.8) is 0 Å². The van der Waals surface area contributed by atoms with Crippen molar-refractivity contribution in [2.75, 3.05) is 0 Å². The van der Waals surface area contributed by atoms with Crippen LogP contribution in [0.1, 0.15) is 12.5 Å². The Bertz CT molecular complexity index is 315. The number of hydrogen-bond acceptors (Lipinski definition) is 2. The van der Waals surface area contributed by atoms with Crippen LogP contribution in [-0.2, 0) is 6.54 Å². The molecule has 66 valence electrons. The third-order valence-electron chi connectivity index (χ3n) is 1.67. The molecule has 0 unspecified atom stereocenters. The molecule has 0 saturated carbocycles. The second-order valence-electron chi connectivity index (χ2n) is 3.00. The van der Waals surface area contributed by atoms with Gasteiger partial charge in [-0.05, 0) is 19.9 Å². The van der Waals surface area contributed by atoms with E-state index in [2.05, 4.69) is 0 Å². The van der Waals surface area contributed by atoms with Gasteiger partial charge in [0.25, 0.3) is 5.56 Å². The normalized spacial score (nSPS) is 12.9. The topological polar surface area (TPSA) is 42.2 Å². The minimum absolute atomic E-state index is 0.0293. The van der Waals surface area contributed by atoms with Crippen molar-refractivity contribution in [2.24, 2.45) is 0 Å². The molecule has 3 nitrogen and oxygen atoms in total. The second-order valence-corrected chi connectivity index (χ2v) is 3.00. The van der Waals surface area contributed by atoms with Gasteiger partial charge in [-0.1, -0.05) is 6.07 Å². The smallest absolute Gasteiger partial charge is 0.253 e. The Labute approximate surface area is 71.3 Å². The fourth-order valence-electron chi connectivity index (χ4n) is 1.09. The largest absolute Gasteiger partial charge is 0.392 e. The Kier molecular flexibility index (Phi) is 2.65. The van der Waals surface area contributed by atoms with Gasteiger partial charge in [0.05, 0.1) is 12.6 Å². The molecule has 1 aromatic rings. The van der Waals surface area contributed by atoms with Crippen LogP contribution in [0.25, 0.3) is 0 Å². The average Bonchev–Trinajstić information content (AvgIpc) is 1.98. The summed E-state index contributed by atoms with van der Waals surface area (Å²) in [4.78, 5) is 11.4. The van der Waals surface area contributed by atoms with E-state index in [4.69, 9.17) is 5.11 Å². The zero-order chi connectivity index (χ0) is 9.14. The van der Waals surface area contributed by atoms with Gasteiger partial charge in [-0.3, -0.25) is 4.79 Å². The van der Waals surface area contributed by atoms with Gasteiger partial charge in [0, 0.05) is 11.8 Å². The number of aliphatic hydroxyl groups is 1. The van der Waals surface area contributed by atoms with Gasteiger partial charge in [0.2, 0.25) is 0 Å². The predicted octanol–water partition coefficient (Wildman–Crippen LogP) is 0.538. The van der Waals surface area contributed by atoms with E-state index < -0.39 is 6.10 Å². The molecular weight excluding hydrogens is 154 g/mol. The van der Waals surface area contributed by atoms with Crippen molar-refractivity contribution in [3.05, 3.63) is 34.2 Å². The molecule has 0 bridgehead atoms. The highest BCUT2D eigenvalue weighted by Gasteiger charge is 2.00. The van der Waals surface area contributed by atoms with Crippen LogP contribution in [0.5, 0.6) is 0 Å². The van der Waals surface area contributed by atoms with E-state index >= 15 is 0 Å². The minimum atomic E-state index is -0.482. The maximum absolute atomic E-state index is 11.4. The lowest BCUT2D eigenvalue weighted by molar-refractivity contribution is 0.172. The van der Waals surface area contributed by atoms with Crippen LogP contribution < -0.4 is 5.56 Å². The third-order valence-corrected chi connectivity index (χ3v) is 1.67. The number of nitrogens with zero attached hydrogens (tertiary/aromatic N) is 1. The van der Waals surface area contributed by atoms with E-state index in [-0.39, 0.29) is 5.56 Å². The summed E-state index contributed by atoms with van der Waals surface area (Å²) in [5.74, 6) is 0. The maximum atomic E-state index is 11.4. The molecule has 1 rings (SSSR count). The molecule has 0 aliphatic heterocycles. The summed E-state index contributed by atoms with van der Waals surface area (Å²) in [6, 6.07) is 3.57. The lowest BCUT2D eigenvalue weighted by Crippen LogP contribution is -2.25. The molecule has 0 saturated heterocycles. The lowest BCUT2D eigenvalue weighted by Gasteiger charge is -2.07. The Hall–Kier alpha value is -1.09. The molecule has 0 fully saturated rings. The van der Waals surface area contributed by atoms with Gasteiger partial charge in [0.1, 0.15) is 0 Å². The molecule has 1 N–H and O–H groups in total. The van der Waals surface area contributed by atoms with Crippen molar-refractivity contribution < 1.29 is 5.11 Å². The monoisotopic (exact) mass is 167 g/mol. The molecule has 0 aliphatic carbocycles. The molecular formula is C9H13NO2. The predicted molar refractivity (Wildman–Crippen MR) is 47.1 cm³/mol. The van der Waals surface area contributed by atoms with Crippen LogP contribution in [0.4, 0.5) is 0 Å². The van der Waals surface area contributed by atoms with E-state index in [1.54, 1.807) is 32.2 Å². The van der Waals surface area contributed by atoms with E-state index in [0.717, 1.165) is 0 Å². The molecule has 12 heavy (non-hydrogen) atoms.